The maximum Gasteiger partial charge on any atom is 0.0507 e. The van der Waals surface area contributed by atoms with E-state index >= 15 is 0 Å². The molecule has 84 valence electrons. The molecule has 15 heavy (non-hydrogen) atoms. The van der Waals surface area contributed by atoms with Gasteiger partial charge in [0.25, 0.3) is 0 Å². The topological polar surface area (TPSA) is 21.3 Å². The van der Waals surface area contributed by atoms with Gasteiger partial charge in [0.15, 0.2) is 0 Å². The Morgan fingerprint density at radius 1 is 1.67 bits per heavy atom. The number of nitrogens with one attached hydrogen (secondary N) is 1. The van der Waals surface area contributed by atoms with E-state index in [1.807, 2.05) is 11.3 Å². The highest BCUT2D eigenvalue weighted by molar-refractivity contribution is 7.10. The van der Waals surface area contributed by atoms with Crippen molar-refractivity contribution < 1.29 is 4.74 Å². The zero-order valence-electron chi connectivity index (χ0n) is 9.24. The molecule has 0 amide bonds. The van der Waals surface area contributed by atoms with Crippen LogP contribution in [0.2, 0.25) is 0 Å². The molecule has 1 saturated heterocycles. The van der Waals surface area contributed by atoms with Crippen LogP contribution in [-0.2, 0) is 4.74 Å². The molecule has 2 heterocycles. The third-order valence-corrected chi connectivity index (χ3v) is 4.04. The predicted molar refractivity (Wildman–Crippen MR) is 64.5 cm³/mol. The van der Waals surface area contributed by atoms with Crippen molar-refractivity contribution in [1.82, 2.24) is 5.32 Å². The average Bonchev–Trinajstić information content (AvgIpc) is 2.90. The van der Waals surface area contributed by atoms with Crippen LogP contribution in [0, 0.1) is 5.92 Å². The lowest BCUT2D eigenvalue weighted by atomic mass is 10.1. The molecular weight excluding hydrogens is 206 g/mol. The van der Waals surface area contributed by atoms with Crippen LogP contribution in [0.15, 0.2) is 17.5 Å². The zero-order valence-corrected chi connectivity index (χ0v) is 10.1. The largest absolute Gasteiger partial charge is 0.381 e. The molecule has 0 aromatic carbocycles. The van der Waals surface area contributed by atoms with Gasteiger partial charge >= 0.3 is 0 Å². The third-order valence-electron chi connectivity index (χ3n) is 2.94. The predicted octanol–water partition coefficient (Wildman–Crippen LogP) is 2.48. The van der Waals surface area contributed by atoms with Crippen molar-refractivity contribution in [2.24, 2.45) is 5.92 Å². The highest BCUT2D eigenvalue weighted by Crippen LogP contribution is 2.20. The maximum atomic E-state index is 5.35. The van der Waals surface area contributed by atoms with E-state index in [4.69, 9.17) is 4.74 Å². The first kappa shape index (κ1) is 11.1. The molecule has 3 heteroatoms. The highest BCUT2D eigenvalue weighted by Gasteiger charge is 2.15. The Morgan fingerprint density at radius 3 is 3.27 bits per heavy atom. The smallest absolute Gasteiger partial charge is 0.0507 e. The van der Waals surface area contributed by atoms with Crippen LogP contribution >= 0.6 is 11.3 Å². The summed E-state index contributed by atoms with van der Waals surface area (Å²) >= 11 is 1.85. The van der Waals surface area contributed by atoms with E-state index in [0.717, 1.165) is 32.2 Å². The lowest BCUT2D eigenvalue weighted by molar-refractivity contribution is 0.185. The van der Waals surface area contributed by atoms with E-state index < -0.39 is 0 Å². The lowest BCUT2D eigenvalue weighted by Gasteiger charge is -2.13. The van der Waals surface area contributed by atoms with Gasteiger partial charge in [0.2, 0.25) is 0 Å². The van der Waals surface area contributed by atoms with Gasteiger partial charge in [0, 0.05) is 30.5 Å². The Morgan fingerprint density at radius 2 is 2.60 bits per heavy atom. The summed E-state index contributed by atoms with van der Waals surface area (Å²) in [4.78, 5) is 1.48. The molecule has 1 aromatic heterocycles. The van der Waals surface area contributed by atoms with Crippen molar-refractivity contribution in [2.75, 3.05) is 26.3 Å². The second-order valence-electron chi connectivity index (χ2n) is 4.30. The van der Waals surface area contributed by atoms with Gasteiger partial charge in [0.05, 0.1) is 6.61 Å². The molecular formula is C12H19NOS. The Labute approximate surface area is 95.6 Å². The molecule has 2 nitrogen and oxygen atoms in total. The Bertz CT molecular complexity index is 267. The molecule has 1 fully saturated rings. The fourth-order valence-corrected chi connectivity index (χ4v) is 2.71. The summed E-state index contributed by atoms with van der Waals surface area (Å²) in [5.74, 6) is 1.37. The molecule has 0 radical (unpaired) electrons. The minimum absolute atomic E-state index is 0.632. The van der Waals surface area contributed by atoms with Gasteiger partial charge < -0.3 is 10.1 Å². The number of rotatable bonds is 5. The molecule has 1 aliphatic heterocycles. The van der Waals surface area contributed by atoms with Crippen molar-refractivity contribution >= 4 is 11.3 Å². The monoisotopic (exact) mass is 225 g/mol. The molecule has 0 spiro atoms. The first-order chi connectivity index (χ1) is 7.36. The fraction of sp³-hybridized carbons (Fsp3) is 0.667. The summed E-state index contributed by atoms with van der Waals surface area (Å²) in [5, 5.41) is 5.69. The second-order valence-corrected chi connectivity index (χ2v) is 5.28. The van der Waals surface area contributed by atoms with Crippen molar-refractivity contribution in [3.8, 4) is 0 Å². The lowest BCUT2D eigenvalue weighted by Crippen LogP contribution is -2.26. The summed E-state index contributed by atoms with van der Waals surface area (Å²) in [6.07, 6.45) is 1.22. The molecule has 0 aliphatic carbocycles. The van der Waals surface area contributed by atoms with Crippen LogP contribution in [0.25, 0.3) is 0 Å². The van der Waals surface area contributed by atoms with Crippen molar-refractivity contribution in [2.45, 2.75) is 19.3 Å². The van der Waals surface area contributed by atoms with Crippen LogP contribution in [0.1, 0.15) is 24.1 Å². The Balaban J connectivity index is 1.65. The first-order valence-corrected chi connectivity index (χ1v) is 6.56. The number of ether oxygens (including phenoxy) is 1. The normalized spacial score (nSPS) is 23.1. The van der Waals surface area contributed by atoms with Crippen molar-refractivity contribution in [1.29, 1.82) is 0 Å². The minimum Gasteiger partial charge on any atom is -0.381 e. The van der Waals surface area contributed by atoms with E-state index in [9.17, 15) is 0 Å². The summed E-state index contributed by atoms with van der Waals surface area (Å²) in [6, 6.07) is 4.34. The van der Waals surface area contributed by atoms with Crippen LogP contribution in [-0.4, -0.2) is 26.3 Å². The van der Waals surface area contributed by atoms with Gasteiger partial charge in [0.1, 0.15) is 0 Å². The molecule has 0 saturated carbocycles. The summed E-state index contributed by atoms with van der Waals surface area (Å²) < 4.78 is 5.35. The molecule has 2 atom stereocenters. The summed E-state index contributed by atoms with van der Waals surface area (Å²) in [6.45, 7) is 6.36. The summed E-state index contributed by atoms with van der Waals surface area (Å²) in [5.41, 5.74) is 0. The third kappa shape index (κ3) is 3.30. The fourth-order valence-electron chi connectivity index (χ4n) is 1.92. The van der Waals surface area contributed by atoms with Gasteiger partial charge in [-0.1, -0.05) is 13.0 Å². The van der Waals surface area contributed by atoms with Crippen molar-refractivity contribution in [3.63, 3.8) is 0 Å². The Hall–Kier alpha value is -0.380. The summed E-state index contributed by atoms with van der Waals surface area (Å²) in [7, 11) is 0. The first-order valence-electron chi connectivity index (χ1n) is 5.68. The Kier molecular flexibility index (Phi) is 4.18. The van der Waals surface area contributed by atoms with Gasteiger partial charge in [-0.2, -0.15) is 0 Å². The zero-order chi connectivity index (χ0) is 10.5. The van der Waals surface area contributed by atoms with Gasteiger partial charge in [-0.25, -0.2) is 0 Å². The number of thiophene rings is 1. The van der Waals surface area contributed by atoms with E-state index in [1.165, 1.54) is 11.3 Å². The van der Waals surface area contributed by atoms with E-state index in [2.05, 4.69) is 29.8 Å². The van der Waals surface area contributed by atoms with Crippen LogP contribution in [0.5, 0.6) is 0 Å². The van der Waals surface area contributed by atoms with Crippen LogP contribution < -0.4 is 5.32 Å². The van der Waals surface area contributed by atoms with E-state index in [0.29, 0.717) is 5.92 Å². The van der Waals surface area contributed by atoms with Gasteiger partial charge in [-0.3, -0.25) is 0 Å². The molecule has 0 bridgehead atoms. The second kappa shape index (κ2) is 5.64. The number of hydrogen-bond donors (Lipinski definition) is 1. The molecule has 1 aromatic rings. The molecule has 2 rings (SSSR count). The number of hydrogen-bond acceptors (Lipinski definition) is 3. The van der Waals surface area contributed by atoms with Gasteiger partial charge in [-0.05, 0) is 23.8 Å². The SMILES string of the molecule is CC(CNCC1CCOC1)c1cccs1. The quantitative estimate of drug-likeness (QED) is 0.831. The molecule has 2 unspecified atom stereocenters. The molecule has 1 N–H and O–H groups in total. The van der Waals surface area contributed by atoms with Gasteiger partial charge in [-0.15, -0.1) is 11.3 Å². The minimum atomic E-state index is 0.632. The van der Waals surface area contributed by atoms with E-state index in [1.54, 1.807) is 0 Å². The van der Waals surface area contributed by atoms with E-state index in [-0.39, 0.29) is 0 Å². The standard InChI is InChI=1S/C12H19NOS/c1-10(12-3-2-6-15-12)7-13-8-11-4-5-14-9-11/h2-3,6,10-11,13H,4-5,7-9H2,1H3. The van der Waals surface area contributed by atoms with Crippen molar-refractivity contribution in [3.05, 3.63) is 22.4 Å². The maximum absolute atomic E-state index is 5.35. The highest BCUT2D eigenvalue weighted by atomic mass is 32.1. The van der Waals surface area contributed by atoms with Crippen LogP contribution in [0.3, 0.4) is 0 Å². The average molecular weight is 225 g/mol. The molecule has 1 aliphatic rings. The van der Waals surface area contributed by atoms with Crippen LogP contribution in [0.4, 0.5) is 0 Å².